The van der Waals surface area contributed by atoms with Crippen LogP contribution in [-0.4, -0.2) is 38.7 Å². The van der Waals surface area contributed by atoms with E-state index in [0.717, 1.165) is 48.2 Å². The Kier molecular flexibility index (Phi) is 7.89. The zero-order valence-electron chi connectivity index (χ0n) is 21.7. The second-order valence-electron chi connectivity index (χ2n) is 10.0. The molecule has 0 aliphatic heterocycles. The Bertz CT molecular complexity index is 1410. The van der Waals surface area contributed by atoms with Crippen LogP contribution in [0.2, 0.25) is 5.02 Å². The van der Waals surface area contributed by atoms with Crippen LogP contribution in [0.15, 0.2) is 64.5 Å². The van der Waals surface area contributed by atoms with Gasteiger partial charge < -0.3 is 27.3 Å². The number of H-pyrrole nitrogens is 1. The number of nitrogens with zero attached hydrogens (tertiary/aromatic N) is 3. The molecule has 1 aromatic carbocycles. The highest BCUT2D eigenvalue weighted by Crippen LogP contribution is 2.39. The second-order valence-corrected chi connectivity index (χ2v) is 10.4. The lowest BCUT2D eigenvalue weighted by atomic mass is 9.84. The summed E-state index contributed by atoms with van der Waals surface area (Å²) in [6, 6.07) is 7.95. The van der Waals surface area contributed by atoms with Gasteiger partial charge in [0.1, 0.15) is 5.84 Å². The maximum Gasteiger partial charge on any atom is 0.167 e. The topological polar surface area (TPSA) is 152 Å². The van der Waals surface area contributed by atoms with Crippen molar-refractivity contribution in [1.82, 2.24) is 9.97 Å². The molecule has 0 saturated heterocycles. The Hall–Kier alpha value is -3.69. The first-order chi connectivity index (χ1) is 18.0. The van der Waals surface area contributed by atoms with Crippen LogP contribution in [-0.2, 0) is 6.42 Å². The van der Waals surface area contributed by atoms with Crippen molar-refractivity contribution in [2.45, 2.75) is 52.1 Å². The quantitative estimate of drug-likeness (QED) is 0.213. The summed E-state index contributed by atoms with van der Waals surface area (Å²) in [6.07, 6.45) is 7.52. The molecule has 0 radical (unpaired) electrons. The van der Waals surface area contributed by atoms with Crippen LogP contribution in [0.4, 0.5) is 10.1 Å². The summed E-state index contributed by atoms with van der Waals surface area (Å²) in [6.45, 7) is 6.25. The van der Waals surface area contributed by atoms with Crippen molar-refractivity contribution in [3.8, 4) is 16.9 Å². The number of aromatic nitrogens is 2. The number of aliphatic imine (C=N–C) groups is 2. The first kappa shape index (κ1) is 27.3. The van der Waals surface area contributed by atoms with Crippen LogP contribution in [0.3, 0.4) is 0 Å². The molecule has 2 aromatic heterocycles. The minimum absolute atomic E-state index is 0.00467. The van der Waals surface area contributed by atoms with Crippen LogP contribution in [0.25, 0.3) is 11.1 Å². The van der Waals surface area contributed by atoms with Crippen molar-refractivity contribution in [3.05, 3.63) is 76.7 Å². The van der Waals surface area contributed by atoms with E-state index in [0.29, 0.717) is 17.0 Å². The third-order valence-corrected chi connectivity index (χ3v) is 7.57. The van der Waals surface area contributed by atoms with Gasteiger partial charge >= 0.3 is 0 Å². The number of phenolic OH excluding ortho intramolecular Hbond substituents is 1. The van der Waals surface area contributed by atoms with Gasteiger partial charge in [-0.15, -0.1) is 0 Å². The smallest absolute Gasteiger partial charge is 0.167 e. The molecule has 8 N–H and O–H groups in total. The lowest BCUT2D eigenvalue weighted by Crippen LogP contribution is -2.38. The molecule has 2 heterocycles. The highest BCUT2D eigenvalue weighted by atomic mass is 35.5. The second kappa shape index (κ2) is 11.0. The summed E-state index contributed by atoms with van der Waals surface area (Å²) in [4.78, 5) is 17.2. The number of aromatic hydroxyl groups is 1. The highest BCUT2D eigenvalue weighted by molar-refractivity contribution is 6.34. The Morgan fingerprint density at radius 2 is 2.03 bits per heavy atom. The molecule has 8 nitrogen and oxygen atoms in total. The SMILES string of the molecule is CCc1ccc(-c2c[nH]c(C(=NC3CCC(N)C3(C)C)/C(=C\N)C(N)=Nc3cc(F)c(O)cc3Cl)c2)cn1. The molecule has 2 atom stereocenters. The fourth-order valence-corrected chi connectivity index (χ4v) is 4.79. The Labute approximate surface area is 226 Å². The minimum atomic E-state index is -0.869. The van der Waals surface area contributed by atoms with Gasteiger partial charge in [-0.1, -0.05) is 38.4 Å². The maximum absolute atomic E-state index is 14.0. The number of hydrogen-bond donors (Lipinski definition) is 5. The van der Waals surface area contributed by atoms with E-state index >= 15 is 0 Å². The van der Waals surface area contributed by atoms with Crippen molar-refractivity contribution in [3.63, 3.8) is 0 Å². The first-order valence-electron chi connectivity index (χ1n) is 12.5. The summed E-state index contributed by atoms with van der Waals surface area (Å²) in [5.74, 6) is -1.46. The van der Waals surface area contributed by atoms with Gasteiger partial charge in [-0.3, -0.25) is 9.98 Å². The van der Waals surface area contributed by atoms with E-state index in [1.165, 1.54) is 6.20 Å². The highest BCUT2D eigenvalue weighted by Gasteiger charge is 2.41. The minimum Gasteiger partial charge on any atom is -0.505 e. The molecule has 10 heteroatoms. The van der Waals surface area contributed by atoms with Crippen molar-refractivity contribution >= 4 is 28.8 Å². The van der Waals surface area contributed by atoms with E-state index in [-0.39, 0.29) is 34.0 Å². The average molecular weight is 538 g/mol. The van der Waals surface area contributed by atoms with E-state index in [9.17, 15) is 9.50 Å². The predicted octanol–water partition coefficient (Wildman–Crippen LogP) is 4.97. The zero-order chi connectivity index (χ0) is 27.6. The molecule has 4 rings (SSSR count). The summed E-state index contributed by atoms with van der Waals surface area (Å²) in [5.41, 5.74) is 23.1. The number of aromatic amines is 1. The molecule has 3 aromatic rings. The first-order valence-corrected chi connectivity index (χ1v) is 12.8. The number of nitrogens with two attached hydrogens (primary N) is 3. The summed E-state index contributed by atoms with van der Waals surface area (Å²) in [5, 5.41) is 9.63. The van der Waals surface area contributed by atoms with Crippen LogP contribution in [0, 0.1) is 11.2 Å². The van der Waals surface area contributed by atoms with Crippen LogP contribution < -0.4 is 17.2 Å². The van der Waals surface area contributed by atoms with E-state index in [1.807, 2.05) is 30.6 Å². The molecule has 0 amide bonds. The number of amidine groups is 1. The molecular formula is C28H33ClFN7O. The Balaban J connectivity index is 1.80. The van der Waals surface area contributed by atoms with Crippen LogP contribution in [0.1, 0.15) is 45.0 Å². The van der Waals surface area contributed by atoms with Gasteiger partial charge in [-0.2, -0.15) is 0 Å². The van der Waals surface area contributed by atoms with Crippen LogP contribution >= 0.6 is 11.6 Å². The molecule has 0 bridgehead atoms. The largest absolute Gasteiger partial charge is 0.505 e. The van der Waals surface area contributed by atoms with Crippen molar-refractivity contribution in [2.24, 2.45) is 32.6 Å². The van der Waals surface area contributed by atoms with Gasteiger partial charge in [-0.05, 0) is 31.4 Å². The predicted molar refractivity (Wildman–Crippen MR) is 151 cm³/mol. The fourth-order valence-electron chi connectivity index (χ4n) is 4.59. The number of phenols is 1. The van der Waals surface area contributed by atoms with Gasteiger partial charge in [-0.25, -0.2) is 9.38 Å². The molecule has 1 saturated carbocycles. The average Bonchev–Trinajstić information content (AvgIpc) is 3.47. The molecule has 1 fully saturated rings. The number of halogens is 2. The van der Waals surface area contributed by atoms with Gasteiger partial charge in [0.05, 0.1) is 33.7 Å². The fraction of sp³-hybridized carbons (Fsp3) is 0.321. The van der Waals surface area contributed by atoms with E-state index in [2.05, 4.69) is 35.7 Å². The third kappa shape index (κ3) is 5.44. The molecule has 200 valence electrons. The molecule has 1 aliphatic carbocycles. The number of hydrogen-bond acceptors (Lipinski definition) is 6. The van der Waals surface area contributed by atoms with Crippen molar-refractivity contribution < 1.29 is 9.50 Å². The number of benzene rings is 1. The lowest BCUT2D eigenvalue weighted by Gasteiger charge is -2.29. The zero-order valence-corrected chi connectivity index (χ0v) is 22.4. The number of nitrogens with one attached hydrogen (secondary N) is 1. The summed E-state index contributed by atoms with van der Waals surface area (Å²) in [7, 11) is 0. The molecule has 2 unspecified atom stereocenters. The summed E-state index contributed by atoms with van der Waals surface area (Å²) >= 11 is 6.18. The maximum atomic E-state index is 14.0. The van der Waals surface area contributed by atoms with E-state index < -0.39 is 11.6 Å². The third-order valence-electron chi connectivity index (χ3n) is 7.26. The molecule has 1 aliphatic rings. The Morgan fingerprint density at radius 3 is 2.63 bits per heavy atom. The molecule has 0 spiro atoms. The number of aryl methyl sites for hydroxylation is 1. The normalized spacial score (nSPS) is 20.2. The van der Waals surface area contributed by atoms with Gasteiger partial charge in [0, 0.05) is 59.0 Å². The van der Waals surface area contributed by atoms with Gasteiger partial charge in [0.2, 0.25) is 0 Å². The monoisotopic (exact) mass is 537 g/mol. The number of rotatable bonds is 7. The van der Waals surface area contributed by atoms with Gasteiger partial charge in [0.15, 0.2) is 11.6 Å². The standard InChI is InChI=1S/C28H33ClFN7O/c1-4-17-6-5-15(13-34-17)16-9-22(35-14-16)26(37-25-8-7-24(32)28(25,2)3)18(12-31)27(33)36-21-11-20(30)23(38)10-19(21)29/h5-6,9-14,24-25,35,38H,4,7-8,31-32H2,1-3H3,(H2,33,36)/b18-12+,37-26?. The summed E-state index contributed by atoms with van der Waals surface area (Å²) < 4.78 is 14.0. The van der Waals surface area contributed by atoms with Crippen molar-refractivity contribution in [2.75, 3.05) is 0 Å². The van der Waals surface area contributed by atoms with Crippen LogP contribution in [0.5, 0.6) is 5.75 Å². The molecular weight excluding hydrogens is 505 g/mol. The van der Waals surface area contributed by atoms with Crippen molar-refractivity contribution in [1.29, 1.82) is 0 Å². The number of pyridine rings is 1. The van der Waals surface area contributed by atoms with E-state index in [4.69, 9.17) is 33.8 Å². The Morgan fingerprint density at radius 1 is 1.26 bits per heavy atom. The lowest BCUT2D eigenvalue weighted by molar-refractivity contribution is 0.296. The van der Waals surface area contributed by atoms with E-state index in [1.54, 1.807) is 0 Å². The molecule has 38 heavy (non-hydrogen) atoms. The van der Waals surface area contributed by atoms with Gasteiger partial charge in [0.25, 0.3) is 0 Å².